The van der Waals surface area contributed by atoms with E-state index in [1.54, 1.807) is 28.0 Å². The van der Waals surface area contributed by atoms with E-state index in [9.17, 15) is 14.7 Å². The number of aliphatic hydroxyl groups excluding tert-OH is 1. The molecule has 0 radical (unpaired) electrons. The first-order chi connectivity index (χ1) is 14.5. The van der Waals surface area contributed by atoms with Gasteiger partial charge in [0.05, 0.1) is 19.4 Å². The molecule has 1 fully saturated rings. The molecule has 30 heavy (non-hydrogen) atoms. The number of aliphatic hydroxyl groups is 1. The number of amides is 1. The first kappa shape index (κ1) is 21.9. The SMILES string of the molecule is COC(=O)CN1Cc2cc(OCC(=O)N(CCO)C3CCCCC3)ccc2N=C1N. The number of esters is 1. The molecule has 1 saturated carbocycles. The van der Waals surface area contributed by atoms with Crippen LogP contribution in [0.25, 0.3) is 0 Å². The summed E-state index contributed by atoms with van der Waals surface area (Å²) in [6, 6.07) is 5.51. The van der Waals surface area contributed by atoms with Gasteiger partial charge in [0.25, 0.3) is 5.91 Å². The second kappa shape index (κ2) is 10.3. The Morgan fingerprint density at radius 1 is 1.30 bits per heavy atom. The van der Waals surface area contributed by atoms with Crippen LogP contribution in [0, 0.1) is 0 Å². The fraction of sp³-hybridized carbons (Fsp3) is 0.571. The van der Waals surface area contributed by atoms with E-state index in [4.69, 9.17) is 15.2 Å². The van der Waals surface area contributed by atoms with Crippen LogP contribution in [-0.2, 0) is 20.9 Å². The number of nitrogens with two attached hydrogens (primary N) is 1. The van der Waals surface area contributed by atoms with Crippen molar-refractivity contribution >= 4 is 23.5 Å². The van der Waals surface area contributed by atoms with E-state index < -0.39 is 5.97 Å². The van der Waals surface area contributed by atoms with Gasteiger partial charge in [-0.3, -0.25) is 9.59 Å². The standard InChI is InChI=1S/C21H30N4O5/c1-29-20(28)13-24-12-15-11-17(7-8-18(15)23-21(24)22)30-14-19(27)25(9-10-26)16-5-3-2-4-6-16/h7-8,11,16,26H,2-6,9-10,12-14H2,1H3,(H2,22,23). The smallest absolute Gasteiger partial charge is 0.325 e. The van der Waals surface area contributed by atoms with Crippen molar-refractivity contribution in [1.29, 1.82) is 0 Å². The number of carbonyl (C=O) groups excluding carboxylic acids is 2. The summed E-state index contributed by atoms with van der Waals surface area (Å²) >= 11 is 0. The molecule has 3 rings (SSSR count). The van der Waals surface area contributed by atoms with Crippen LogP contribution in [-0.4, -0.2) is 72.2 Å². The Hall–Kier alpha value is -2.81. The molecule has 1 aromatic carbocycles. The predicted octanol–water partition coefficient (Wildman–Crippen LogP) is 1.15. The number of hydrogen-bond acceptors (Lipinski definition) is 8. The summed E-state index contributed by atoms with van der Waals surface area (Å²) in [4.78, 5) is 32.0. The zero-order valence-electron chi connectivity index (χ0n) is 17.4. The first-order valence-corrected chi connectivity index (χ1v) is 10.3. The van der Waals surface area contributed by atoms with Gasteiger partial charge in [-0.2, -0.15) is 0 Å². The summed E-state index contributed by atoms with van der Waals surface area (Å²) < 4.78 is 10.4. The van der Waals surface area contributed by atoms with Crippen molar-refractivity contribution in [1.82, 2.24) is 9.80 Å². The maximum atomic E-state index is 12.7. The molecule has 1 aliphatic heterocycles. The highest BCUT2D eigenvalue weighted by molar-refractivity contribution is 5.87. The van der Waals surface area contributed by atoms with E-state index in [-0.39, 0.29) is 37.7 Å². The van der Waals surface area contributed by atoms with Crippen LogP contribution in [0.1, 0.15) is 37.7 Å². The Bertz CT molecular complexity index is 792. The van der Waals surface area contributed by atoms with Gasteiger partial charge in [0.1, 0.15) is 12.3 Å². The normalized spacial score (nSPS) is 16.5. The lowest BCUT2D eigenvalue weighted by Crippen LogP contribution is -2.45. The zero-order valence-corrected chi connectivity index (χ0v) is 17.4. The molecule has 1 amide bonds. The van der Waals surface area contributed by atoms with Crippen LogP contribution in [0.15, 0.2) is 23.2 Å². The van der Waals surface area contributed by atoms with Crippen LogP contribution in [0.3, 0.4) is 0 Å². The molecule has 0 unspecified atom stereocenters. The summed E-state index contributed by atoms with van der Waals surface area (Å²) in [5.74, 6) is 0.275. The van der Waals surface area contributed by atoms with Crippen molar-refractivity contribution in [3.05, 3.63) is 23.8 Å². The van der Waals surface area contributed by atoms with Gasteiger partial charge >= 0.3 is 5.97 Å². The highest BCUT2D eigenvalue weighted by Crippen LogP contribution is 2.29. The molecule has 0 spiro atoms. The molecule has 164 valence electrons. The predicted molar refractivity (Wildman–Crippen MR) is 111 cm³/mol. The number of methoxy groups -OCH3 is 1. The molecule has 0 saturated heterocycles. The number of fused-ring (bicyclic) bond motifs is 1. The number of rotatable bonds is 8. The molecule has 9 nitrogen and oxygen atoms in total. The fourth-order valence-electron chi connectivity index (χ4n) is 3.96. The second-order valence-electron chi connectivity index (χ2n) is 7.58. The quantitative estimate of drug-likeness (QED) is 0.608. The number of guanidine groups is 1. The van der Waals surface area contributed by atoms with E-state index in [1.165, 1.54) is 13.5 Å². The van der Waals surface area contributed by atoms with Crippen molar-refractivity contribution in [2.45, 2.75) is 44.7 Å². The maximum absolute atomic E-state index is 12.7. The van der Waals surface area contributed by atoms with E-state index in [1.807, 2.05) is 0 Å². The first-order valence-electron chi connectivity index (χ1n) is 10.3. The molecule has 0 aromatic heterocycles. The van der Waals surface area contributed by atoms with Crippen molar-refractivity contribution in [3.63, 3.8) is 0 Å². The summed E-state index contributed by atoms with van der Waals surface area (Å²) in [5, 5.41) is 9.37. The van der Waals surface area contributed by atoms with Crippen molar-refractivity contribution in [2.24, 2.45) is 10.7 Å². The Morgan fingerprint density at radius 2 is 2.07 bits per heavy atom. The summed E-state index contributed by atoms with van der Waals surface area (Å²) in [6.45, 7) is 0.576. The highest BCUT2D eigenvalue weighted by Gasteiger charge is 2.25. The van der Waals surface area contributed by atoms with Crippen LogP contribution >= 0.6 is 0 Å². The number of nitrogens with zero attached hydrogens (tertiary/aromatic N) is 3. The maximum Gasteiger partial charge on any atom is 0.325 e. The van der Waals surface area contributed by atoms with Crippen molar-refractivity contribution in [3.8, 4) is 5.75 Å². The van der Waals surface area contributed by atoms with Gasteiger partial charge in [-0.25, -0.2) is 4.99 Å². The lowest BCUT2D eigenvalue weighted by molar-refractivity contribution is -0.141. The van der Waals surface area contributed by atoms with Gasteiger partial charge < -0.3 is 30.1 Å². The van der Waals surface area contributed by atoms with E-state index in [2.05, 4.69) is 4.99 Å². The van der Waals surface area contributed by atoms with Crippen molar-refractivity contribution in [2.75, 3.05) is 33.4 Å². The van der Waals surface area contributed by atoms with Crippen LogP contribution in [0.2, 0.25) is 0 Å². The third-order valence-electron chi connectivity index (χ3n) is 5.56. The topological polar surface area (TPSA) is 118 Å². The number of hydrogen-bond donors (Lipinski definition) is 2. The highest BCUT2D eigenvalue weighted by atomic mass is 16.5. The fourth-order valence-corrected chi connectivity index (χ4v) is 3.96. The van der Waals surface area contributed by atoms with Gasteiger partial charge in [-0.1, -0.05) is 19.3 Å². The Morgan fingerprint density at radius 3 is 2.77 bits per heavy atom. The number of benzene rings is 1. The summed E-state index contributed by atoms with van der Waals surface area (Å²) in [5.41, 5.74) is 7.48. The van der Waals surface area contributed by atoms with Gasteiger partial charge in [-0.15, -0.1) is 0 Å². The Kier molecular flexibility index (Phi) is 7.51. The molecule has 2 aliphatic rings. The molecule has 0 atom stereocenters. The summed E-state index contributed by atoms with van der Waals surface area (Å²) in [7, 11) is 1.32. The van der Waals surface area contributed by atoms with Gasteiger partial charge in [0.2, 0.25) is 0 Å². The van der Waals surface area contributed by atoms with Crippen LogP contribution in [0.4, 0.5) is 5.69 Å². The molecular formula is C21H30N4O5. The molecule has 0 bridgehead atoms. The number of aliphatic imine (C=N–C) groups is 1. The third-order valence-corrected chi connectivity index (χ3v) is 5.56. The molecular weight excluding hydrogens is 388 g/mol. The molecule has 1 aliphatic carbocycles. The van der Waals surface area contributed by atoms with E-state index in [0.29, 0.717) is 24.5 Å². The van der Waals surface area contributed by atoms with Crippen molar-refractivity contribution < 1.29 is 24.2 Å². The lowest BCUT2D eigenvalue weighted by Gasteiger charge is -2.34. The van der Waals surface area contributed by atoms with Gasteiger partial charge in [0, 0.05) is 24.7 Å². The Labute approximate surface area is 176 Å². The van der Waals surface area contributed by atoms with Crippen LogP contribution in [0.5, 0.6) is 5.75 Å². The van der Waals surface area contributed by atoms with E-state index in [0.717, 1.165) is 31.2 Å². The minimum absolute atomic E-state index is 0.00630. The zero-order chi connectivity index (χ0) is 21.5. The molecule has 1 heterocycles. The average molecular weight is 418 g/mol. The minimum atomic E-state index is -0.402. The number of carbonyl (C=O) groups is 2. The second-order valence-corrected chi connectivity index (χ2v) is 7.58. The molecule has 3 N–H and O–H groups in total. The van der Waals surface area contributed by atoms with E-state index >= 15 is 0 Å². The third kappa shape index (κ3) is 5.41. The monoisotopic (exact) mass is 418 g/mol. The van der Waals surface area contributed by atoms with Crippen LogP contribution < -0.4 is 10.5 Å². The minimum Gasteiger partial charge on any atom is -0.484 e. The Balaban J connectivity index is 1.63. The lowest BCUT2D eigenvalue weighted by atomic mass is 9.94. The van der Waals surface area contributed by atoms with Gasteiger partial charge in [-0.05, 0) is 31.0 Å². The largest absolute Gasteiger partial charge is 0.484 e. The molecule has 9 heteroatoms. The van der Waals surface area contributed by atoms with Gasteiger partial charge in [0.15, 0.2) is 12.6 Å². The average Bonchev–Trinajstić information content (AvgIpc) is 2.76. The summed E-state index contributed by atoms with van der Waals surface area (Å²) in [6.07, 6.45) is 5.36. The molecule has 1 aromatic rings. The number of ether oxygens (including phenoxy) is 2.